The van der Waals surface area contributed by atoms with Crippen molar-refractivity contribution in [1.29, 1.82) is 0 Å². The Balaban J connectivity index is 1.39. The van der Waals surface area contributed by atoms with E-state index < -0.39 is 18.1 Å². The molecule has 2 aromatic rings. The van der Waals surface area contributed by atoms with E-state index >= 15 is 0 Å². The van der Waals surface area contributed by atoms with Gasteiger partial charge in [0.05, 0.1) is 14.2 Å². The van der Waals surface area contributed by atoms with Gasteiger partial charge in [-0.3, -0.25) is 14.4 Å². The van der Waals surface area contributed by atoms with Crippen LogP contribution >= 0.6 is 0 Å². The number of likely N-dealkylation sites (tertiary alicyclic amines) is 1. The summed E-state index contributed by atoms with van der Waals surface area (Å²) in [6.45, 7) is 1.04. The van der Waals surface area contributed by atoms with Crippen LogP contribution in [0, 0.1) is 17.8 Å². The maximum Gasteiger partial charge on any atom is 0.328 e. The molecule has 0 bridgehead atoms. The van der Waals surface area contributed by atoms with Crippen LogP contribution in [0.25, 0.3) is 10.9 Å². The molecule has 3 amide bonds. The topological polar surface area (TPSA) is 130 Å². The van der Waals surface area contributed by atoms with Gasteiger partial charge in [0.15, 0.2) is 0 Å². The van der Waals surface area contributed by atoms with E-state index in [1.54, 1.807) is 18.1 Å². The number of H-pyrrole nitrogens is 1. The standard InChI is InChI=1S/C29H38N4O6/c1-38-25-10-6-9-21-20(25)15-22(31-21)28(36)33-16-19(17-7-4-3-5-8-17)14-24(33)27(35)32-23(29(37)39-2)13-18-11-12-30-26(18)34/h6,9-10,15,17-19,23-24,31H,3-5,7-8,11-14,16H2,1-2H3,(H,30,34)(H,32,35)/t18-,19?,23-,24-/m0/s1. The van der Waals surface area contributed by atoms with E-state index in [1.807, 2.05) is 18.2 Å². The number of fused-ring (bicyclic) bond motifs is 1. The fraction of sp³-hybridized carbons (Fsp3) is 0.586. The van der Waals surface area contributed by atoms with Gasteiger partial charge < -0.3 is 30.0 Å². The second-order valence-electron chi connectivity index (χ2n) is 11.1. The molecule has 3 fully saturated rings. The number of rotatable bonds is 8. The lowest BCUT2D eigenvalue weighted by Gasteiger charge is -2.27. The number of benzene rings is 1. The lowest BCUT2D eigenvalue weighted by molar-refractivity contribution is -0.146. The molecule has 39 heavy (non-hydrogen) atoms. The van der Waals surface area contributed by atoms with Crippen LogP contribution in [0.15, 0.2) is 24.3 Å². The van der Waals surface area contributed by atoms with Crippen molar-refractivity contribution >= 4 is 34.6 Å². The van der Waals surface area contributed by atoms with Crippen molar-refractivity contribution in [2.75, 3.05) is 27.3 Å². The fourth-order valence-corrected chi connectivity index (χ4v) is 6.64. The molecule has 5 rings (SSSR count). The highest BCUT2D eigenvalue weighted by Gasteiger charge is 2.44. The molecule has 1 aromatic heterocycles. The summed E-state index contributed by atoms with van der Waals surface area (Å²) in [5.41, 5.74) is 1.17. The van der Waals surface area contributed by atoms with Crippen molar-refractivity contribution in [3.8, 4) is 5.75 Å². The number of hydrogen-bond acceptors (Lipinski definition) is 6. The van der Waals surface area contributed by atoms with Crippen LogP contribution in [0.1, 0.15) is 61.9 Å². The first-order chi connectivity index (χ1) is 18.9. The van der Waals surface area contributed by atoms with Gasteiger partial charge in [-0.2, -0.15) is 0 Å². The number of carbonyl (C=O) groups excluding carboxylic acids is 4. The summed E-state index contributed by atoms with van der Waals surface area (Å²) in [7, 11) is 2.86. The number of ether oxygens (including phenoxy) is 2. The number of amides is 3. The Morgan fingerprint density at radius 3 is 2.59 bits per heavy atom. The predicted molar refractivity (Wildman–Crippen MR) is 144 cm³/mol. The molecule has 2 saturated heterocycles. The zero-order valence-corrected chi connectivity index (χ0v) is 22.7. The second kappa shape index (κ2) is 11.7. The van der Waals surface area contributed by atoms with Gasteiger partial charge in [-0.15, -0.1) is 0 Å². The predicted octanol–water partition coefficient (Wildman–Crippen LogP) is 2.77. The number of nitrogens with one attached hydrogen (secondary N) is 3. The van der Waals surface area contributed by atoms with E-state index in [-0.39, 0.29) is 36.0 Å². The molecular weight excluding hydrogens is 500 g/mol. The van der Waals surface area contributed by atoms with Gasteiger partial charge in [-0.25, -0.2) is 4.79 Å². The van der Waals surface area contributed by atoms with Crippen LogP contribution in [0.4, 0.5) is 0 Å². The van der Waals surface area contributed by atoms with Gasteiger partial charge in [-0.1, -0.05) is 38.2 Å². The molecule has 3 N–H and O–H groups in total. The van der Waals surface area contributed by atoms with Gasteiger partial charge in [0.2, 0.25) is 11.8 Å². The van der Waals surface area contributed by atoms with Gasteiger partial charge in [0.25, 0.3) is 5.91 Å². The number of methoxy groups -OCH3 is 2. The fourth-order valence-electron chi connectivity index (χ4n) is 6.64. The Kier molecular flexibility index (Phi) is 8.09. The summed E-state index contributed by atoms with van der Waals surface area (Å²) >= 11 is 0. The van der Waals surface area contributed by atoms with E-state index in [2.05, 4.69) is 15.6 Å². The zero-order chi connectivity index (χ0) is 27.5. The van der Waals surface area contributed by atoms with Crippen molar-refractivity contribution in [3.05, 3.63) is 30.0 Å². The first kappa shape index (κ1) is 27.0. The average Bonchev–Trinajstić information content (AvgIpc) is 3.70. The molecule has 1 unspecified atom stereocenters. The van der Waals surface area contributed by atoms with E-state index in [0.29, 0.717) is 43.3 Å². The highest BCUT2D eigenvalue weighted by atomic mass is 16.5. The molecule has 3 aliphatic rings. The quantitative estimate of drug-likeness (QED) is 0.443. The summed E-state index contributed by atoms with van der Waals surface area (Å²) < 4.78 is 10.4. The highest BCUT2D eigenvalue weighted by molar-refractivity contribution is 6.02. The monoisotopic (exact) mass is 538 g/mol. The molecule has 10 heteroatoms. The van der Waals surface area contributed by atoms with Crippen LogP contribution < -0.4 is 15.4 Å². The molecule has 0 spiro atoms. The van der Waals surface area contributed by atoms with Crippen molar-refractivity contribution in [1.82, 2.24) is 20.5 Å². The lowest BCUT2D eigenvalue weighted by atomic mass is 9.79. The largest absolute Gasteiger partial charge is 0.496 e. The smallest absolute Gasteiger partial charge is 0.328 e. The summed E-state index contributed by atoms with van der Waals surface area (Å²) in [6.07, 6.45) is 7.08. The number of carbonyl (C=O) groups is 4. The molecule has 10 nitrogen and oxygen atoms in total. The van der Waals surface area contributed by atoms with Gasteiger partial charge in [0.1, 0.15) is 23.5 Å². The second-order valence-corrected chi connectivity index (χ2v) is 11.1. The van der Waals surface area contributed by atoms with Crippen molar-refractivity contribution in [2.24, 2.45) is 17.8 Å². The molecule has 1 aliphatic carbocycles. The SMILES string of the molecule is COC(=O)[C@H](C[C@@H]1CCNC1=O)NC(=O)[C@@H]1CC(C2CCCCC2)CN1C(=O)c1cc2c(OC)cccc2[nH]1. The van der Waals surface area contributed by atoms with Crippen LogP contribution in [0.2, 0.25) is 0 Å². The van der Waals surface area contributed by atoms with E-state index in [4.69, 9.17) is 9.47 Å². The molecule has 1 saturated carbocycles. The third-order valence-electron chi connectivity index (χ3n) is 8.77. The molecule has 4 atom stereocenters. The van der Waals surface area contributed by atoms with Crippen LogP contribution in [-0.4, -0.2) is 73.0 Å². The van der Waals surface area contributed by atoms with E-state index in [0.717, 1.165) is 23.7 Å². The molecule has 0 radical (unpaired) electrons. The Hall–Kier alpha value is -3.56. The number of aromatic amines is 1. The Bertz CT molecular complexity index is 1240. The summed E-state index contributed by atoms with van der Waals surface area (Å²) in [5, 5.41) is 6.42. The molecule has 1 aromatic carbocycles. The molecule has 210 valence electrons. The molecular formula is C29H38N4O6. The third kappa shape index (κ3) is 5.60. The number of hydrogen-bond donors (Lipinski definition) is 3. The minimum absolute atomic E-state index is 0.123. The molecule has 3 heterocycles. The van der Waals surface area contributed by atoms with Gasteiger partial charge in [0, 0.05) is 29.9 Å². The van der Waals surface area contributed by atoms with Crippen molar-refractivity contribution in [3.63, 3.8) is 0 Å². The van der Waals surface area contributed by atoms with E-state index in [9.17, 15) is 19.2 Å². The van der Waals surface area contributed by atoms with Gasteiger partial charge >= 0.3 is 5.97 Å². The summed E-state index contributed by atoms with van der Waals surface area (Å²) in [6, 6.07) is 5.67. The Labute approximate surface area is 228 Å². The summed E-state index contributed by atoms with van der Waals surface area (Å²) in [5.74, 6) is -0.384. The normalized spacial score (nSPS) is 24.4. The lowest BCUT2D eigenvalue weighted by Crippen LogP contribution is -2.51. The van der Waals surface area contributed by atoms with Gasteiger partial charge in [-0.05, 0) is 49.3 Å². The molecule has 2 aliphatic heterocycles. The maximum atomic E-state index is 13.9. The zero-order valence-electron chi connectivity index (χ0n) is 22.7. The number of esters is 1. The van der Waals surface area contributed by atoms with Crippen LogP contribution in [-0.2, 0) is 19.1 Å². The summed E-state index contributed by atoms with van der Waals surface area (Å²) in [4.78, 5) is 57.2. The first-order valence-corrected chi connectivity index (χ1v) is 14.0. The number of aromatic nitrogens is 1. The minimum Gasteiger partial charge on any atom is -0.496 e. The highest BCUT2D eigenvalue weighted by Crippen LogP contribution is 2.38. The Morgan fingerprint density at radius 1 is 1.10 bits per heavy atom. The third-order valence-corrected chi connectivity index (χ3v) is 8.77. The Morgan fingerprint density at radius 2 is 1.90 bits per heavy atom. The van der Waals surface area contributed by atoms with Crippen molar-refractivity contribution < 1.29 is 28.7 Å². The average molecular weight is 539 g/mol. The van der Waals surface area contributed by atoms with Crippen LogP contribution in [0.5, 0.6) is 5.75 Å². The first-order valence-electron chi connectivity index (χ1n) is 14.0. The van der Waals surface area contributed by atoms with Crippen LogP contribution in [0.3, 0.4) is 0 Å². The maximum absolute atomic E-state index is 13.9. The minimum atomic E-state index is -0.959. The number of nitrogens with zero attached hydrogens (tertiary/aromatic N) is 1. The van der Waals surface area contributed by atoms with E-state index in [1.165, 1.54) is 26.4 Å². The van der Waals surface area contributed by atoms with Crippen molar-refractivity contribution in [2.45, 2.75) is 63.5 Å².